The summed E-state index contributed by atoms with van der Waals surface area (Å²) in [4.78, 5) is 19.2. The van der Waals surface area contributed by atoms with Gasteiger partial charge in [-0.25, -0.2) is 4.98 Å². The quantitative estimate of drug-likeness (QED) is 0.383. The van der Waals surface area contributed by atoms with Crippen LogP contribution < -0.4 is 4.74 Å². The number of benzene rings is 1. The molecule has 0 radical (unpaired) electrons. The summed E-state index contributed by atoms with van der Waals surface area (Å²) in [5, 5.41) is 10.3. The molecule has 0 aliphatic carbocycles. The van der Waals surface area contributed by atoms with Crippen molar-refractivity contribution in [1.29, 1.82) is 0 Å². The molecule has 3 aromatic heterocycles. The van der Waals surface area contributed by atoms with Crippen molar-refractivity contribution in [2.75, 3.05) is 12.9 Å². The molecule has 3 heterocycles. The number of thioether (sulfide) groups is 1. The molecule has 0 bridgehead atoms. The van der Waals surface area contributed by atoms with Crippen molar-refractivity contribution in [2.24, 2.45) is 0 Å². The van der Waals surface area contributed by atoms with Gasteiger partial charge in [-0.15, -0.1) is 21.5 Å². The van der Waals surface area contributed by atoms with Crippen LogP contribution in [0.25, 0.3) is 15.9 Å². The summed E-state index contributed by atoms with van der Waals surface area (Å²) in [5.41, 5.74) is 2.59. The van der Waals surface area contributed by atoms with Crippen LogP contribution in [0.2, 0.25) is 0 Å². The van der Waals surface area contributed by atoms with Crippen LogP contribution in [0.3, 0.4) is 0 Å². The van der Waals surface area contributed by atoms with Crippen molar-refractivity contribution in [2.45, 2.75) is 19.0 Å². The second kappa shape index (κ2) is 6.69. The number of ketones is 1. The molecular formula is C18H16N4O2S2. The molecular weight excluding hydrogens is 368 g/mol. The Kier molecular flexibility index (Phi) is 4.37. The normalized spacial score (nSPS) is 11.3. The first-order valence-electron chi connectivity index (χ1n) is 7.98. The number of Topliss-reactive ketones (excluding diaryl/α,β-unsaturated/α-hetero) is 1. The second-order valence-corrected chi connectivity index (χ2v) is 7.97. The van der Waals surface area contributed by atoms with Crippen LogP contribution in [0.4, 0.5) is 0 Å². The van der Waals surface area contributed by atoms with Gasteiger partial charge in [-0.3, -0.25) is 9.20 Å². The van der Waals surface area contributed by atoms with Gasteiger partial charge in [0, 0.05) is 10.4 Å². The molecule has 0 fully saturated rings. The van der Waals surface area contributed by atoms with Crippen LogP contribution >= 0.6 is 23.1 Å². The SMILES string of the molecule is COc1cccc(C(=O)CSc2nnc3c4c(C)c(C)sc4ncn23)c1. The lowest BCUT2D eigenvalue weighted by atomic mass is 10.1. The van der Waals surface area contributed by atoms with Crippen molar-refractivity contribution >= 4 is 44.7 Å². The van der Waals surface area contributed by atoms with Crippen LogP contribution in [0.15, 0.2) is 35.7 Å². The molecule has 132 valence electrons. The Morgan fingerprint density at radius 1 is 1.31 bits per heavy atom. The Bertz CT molecular complexity index is 1130. The number of ether oxygens (including phenoxy) is 1. The van der Waals surface area contributed by atoms with Crippen LogP contribution in [0, 0.1) is 13.8 Å². The fourth-order valence-corrected chi connectivity index (χ4v) is 4.52. The van der Waals surface area contributed by atoms with Gasteiger partial charge < -0.3 is 4.74 Å². The van der Waals surface area contributed by atoms with E-state index in [1.165, 1.54) is 22.2 Å². The fraction of sp³-hybridized carbons (Fsp3) is 0.222. The zero-order valence-corrected chi connectivity index (χ0v) is 16.1. The topological polar surface area (TPSA) is 69.4 Å². The molecule has 0 unspecified atom stereocenters. The minimum Gasteiger partial charge on any atom is -0.497 e. The number of nitrogens with zero attached hydrogens (tertiary/aromatic N) is 4. The average Bonchev–Trinajstić information content (AvgIpc) is 3.20. The van der Waals surface area contributed by atoms with Gasteiger partial charge in [-0.2, -0.15) is 0 Å². The summed E-state index contributed by atoms with van der Waals surface area (Å²) in [6.45, 7) is 4.15. The summed E-state index contributed by atoms with van der Waals surface area (Å²) >= 11 is 3.01. The fourth-order valence-electron chi connectivity index (χ4n) is 2.73. The molecule has 0 saturated carbocycles. The highest BCUT2D eigenvalue weighted by molar-refractivity contribution is 7.99. The molecule has 0 aliphatic rings. The number of aryl methyl sites for hydroxylation is 2. The number of hydrogen-bond donors (Lipinski definition) is 0. The average molecular weight is 384 g/mol. The molecule has 0 spiro atoms. The van der Waals surface area contributed by atoms with Crippen molar-refractivity contribution in [3.63, 3.8) is 0 Å². The summed E-state index contributed by atoms with van der Waals surface area (Å²) in [6.07, 6.45) is 1.73. The van der Waals surface area contributed by atoms with Gasteiger partial charge in [0.15, 0.2) is 16.6 Å². The molecule has 8 heteroatoms. The Morgan fingerprint density at radius 2 is 2.15 bits per heavy atom. The van der Waals surface area contributed by atoms with Crippen LogP contribution in [-0.2, 0) is 0 Å². The first-order chi connectivity index (χ1) is 12.6. The number of thiophene rings is 1. The maximum absolute atomic E-state index is 12.5. The van der Waals surface area contributed by atoms with E-state index in [4.69, 9.17) is 4.74 Å². The number of carbonyl (C=O) groups excluding carboxylic acids is 1. The van der Waals surface area contributed by atoms with Crippen molar-refractivity contribution in [1.82, 2.24) is 19.6 Å². The molecule has 0 N–H and O–H groups in total. The largest absolute Gasteiger partial charge is 0.497 e. The minimum atomic E-state index is 0.0160. The van der Waals surface area contributed by atoms with Gasteiger partial charge in [-0.1, -0.05) is 23.9 Å². The maximum atomic E-state index is 12.5. The van der Waals surface area contributed by atoms with E-state index in [0.29, 0.717) is 16.5 Å². The standard InChI is InChI=1S/C18H16N4O2S2/c1-10-11(2)26-17-15(10)16-20-21-18(22(16)9-19-17)25-8-14(23)12-5-4-6-13(7-12)24-3/h4-7,9H,8H2,1-3H3. The molecule has 0 amide bonds. The minimum absolute atomic E-state index is 0.0160. The Morgan fingerprint density at radius 3 is 2.96 bits per heavy atom. The Labute approximate surface area is 158 Å². The predicted molar refractivity (Wildman–Crippen MR) is 104 cm³/mol. The lowest BCUT2D eigenvalue weighted by Gasteiger charge is -2.03. The van der Waals surface area contributed by atoms with Crippen molar-refractivity contribution in [3.8, 4) is 5.75 Å². The molecule has 0 aliphatic heterocycles. The third kappa shape index (κ3) is 2.85. The number of rotatable bonds is 5. The first kappa shape index (κ1) is 17.0. The summed E-state index contributed by atoms with van der Waals surface area (Å²) in [7, 11) is 1.59. The van der Waals surface area contributed by atoms with E-state index in [2.05, 4.69) is 29.0 Å². The molecule has 4 aromatic rings. The molecule has 0 atom stereocenters. The first-order valence-corrected chi connectivity index (χ1v) is 9.78. The molecule has 1 aromatic carbocycles. The third-order valence-electron chi connectivity index (χ3n) is 4.27. The monoisotopic (exact) mass is 384 g/mol. The van der Waals surface area contributed by atoms with Gasteiger partial charge in [0.05, 0.1) is 18.2 Å². The molecule has 0 saturated heterocycles. The highest BCUT2D eigenvalue weighted by atomic mass is 32.2. The van der Waals surface area contributed by atoms with Crippen molar-refractivity contribution < 1.29 is 9.53 Å². The smallest absolute Gasteiger partial charge is 0.197 e. The summed E-state index contributed by atoms with van der Waals surface area (Å²) in [6, 6.07) is 7.16. The molecule has 4 rings (SSSR count). The van der Waals surface area contributed by atoms with Gasteiger partial charge >= 0.3 is 0 Å². The Hall–Kier alpha value is -2.45. The summed E-state index contributed by atoms with van der Waals surface area (Å²) in [5.74, 6) is 0.958. The highest BCUT2D eigenvalue weighted by Crippen LogP contribution is 2.32. The zero-order chi connectivity index (χ0) is 18.3. The summed E-state index contributed by atoms with van der Waals surface area (Å²) < 4.78 is 7.03. The lowest BCUT2D eigenvalue weighted by Crippen LogP contribution is -2.03. The Balaban J connectivity index is 1.61. The predicted octanol–water partition coefficient (Wildman–Crippen LogP) is 3.94. The second-order valence-electron chi connectivity index (χ2n) is 5.83. The van der Waals surface area contributed by atoms with E-state index >= 15 is 0 Å². The van der Waals surface area contributed by atoms with E-state index in [-0.39, 0.29) is 11.5 Å². The van der Waals surface area contributed by atoms with Gasteiger partial charge in [0.2, 0.25) is 0 Å². The zero-order valence-electron chi connectivity index (χ0n) is 14.5. The number of aromatic nitrogens is 4. The van der Waals surface area contributed by atoms with Crippen LogP contribution in [0.1, 0.15) is 20.8 Å². The van der Waals surface area contributed by atoms with E-state index in [0.717, 1.165) is 15.9 Å². The van der Waals surface area contributed by atoms with Crippen LogP contribution in [0.5, 0.6) is 5.75 Å². The molecule has 6 nitrogen and oxygen atoms in total. The van der Waals surface area contributed by atoms with Gasteiger partial charge in [0.25, 0.3) is 0 Å². The van der Waals surface area contributed by atoms with Gasteiger partial charge in [0.1, 0.15) is 16.9 Å². The van der Waals surface area contributed by atoms with E-state index in [1.54, 1.807) is 36.9 Å². The maximum Gasteiger partial charge on any atom is 0.197 e. The van der Waals surface area contributed by atoms with Crippen LogP contribution in [-0.4, -0.2) is 38.2 Å². The number of fused-ring (bicyclic) bond motifs is 3. The van der Waals surface area contributed by atoms with E-state index in [1.807, 2.05) is 16.5 Å². The molecule has 26 heavy (non-hydrogen) atoms. The van der Waals surface area contributed by atoms with E-state index in [9.17, 15) is 4.79 Å². The number of methoxy groups -OCH3 is 1. The van der Waals surface area contributed by atoms with E-state index < -0.39 is 0 Å². The number of carbonyl (C=O) groups is 1. The number of hydrogen-bond acceptors (Lipinski definition) is 7. The van der Waals surface area contributed by atoms with Crippen molar-refractivity contribution in [3.05, 3.63) is 46.6 Å². The van der Waals surface area contributed by atoms with Gasteiger partial charge in [-0.05, 0) is 31.5 Å². The highest BCUT2D eigenvalue weighted by Gasteiger charge is 2.16. The lowest BCUT2D eigenvalue weighted by molar-refractivity contribution is 0.102. The third-order valence-corrected chi connectivity index (χ3v) is 6.33.